The number of rotatable bonds is 5. The molecule has 0 unspecified atom stereocenters. The molecule has 4 nitrogen and oxygen atoms in total. The van der Waals surface area contributed by atoms with Crippen LogP contribution in [0.1, 0.15) is 11.3 Å². The summed E-state index contributed by atoms with van der Waals surface area (Å²) in [6.45, 7) is 0.970. The van der Waals surface area contributed by atoms with Gasteiger partial charge in [-0.2, -0.15) is 0 Å². The Hall–Kier alpha value is -3.53. The predicted octanol–water partition coefficient (Wildman–Crippen LogP) is 5.20. The third-order valence-corrected chi connectivity index (χ3v) is 4.99. The van der Waals surface area contributed by atoms with E-state index in [-0.39, 0.29) is 6.10 Å². The molecule has 4 aromatic rings. The number of pyridine rings is 1. The molecule has 3 aromatic carbocycles. The van der Waals surface area contributed by atoms with Crippen LogP contribution in [-0.4, -0.2) is 17.7 Å². The van der Waals surface area contributed by atoms with Crippen LogP contribution in [0.2, 0.25) is 0 Å². The van der Waals surface area contributed by atoms with E-state index in [1.807, 2.05) is 72.8 Å². The third-order valence-electron chi connectivity index (χ3n) is 4.99. The van der Waals surface area contributed by atoms with Gasteiger partial charge < -0.3 is 14.2 Å². The lowest BCUT2D eigenvalue weighted by Crippen LogP contribution is -2.31. The molecule has 144 valence electrons. The highest BCUT2D eigenvalue weighted by molar-refractivity contribution is 5.78. The number of benzene rings is 3. The zero-order valence-corrected chi connectivity index (χ0v) is 16.0. The van der Waals surface area contributed by atoms with Gasteiger partial charge in [-0.15, -0.1) is 0 Å². The van der Waals surface area contributed by atoms with Crippen molar-refractivity contribution in [1.29, 1.82) is 0 Å². The molecule has 0 radical (unpaired) electrons. The Balaban J connectivity index is 1.27. The highest BCUT2D eigenvalue weighted by Crippen LogP contribution is 2.30. The highest BCUT2D eigenvalue weighted by atomic mass is 16.5. The molecule has 5 rings (SSSR count). The Morgan fingerprint density at radius 1 is 0.862 bits per heavy atom. The minimum absolute atomic E-state index is 0.0118. The second-order valence-electron chi connectivity index (χ2n) is 7.12. The van der Waals surface area contributed by atoms with Crippen molar-refractivity contribution in [1.82, 2.24) is 4.98 Å². The molecule has 2 heterocycles. The van der Waals surface area contributed by atoms with Gasteiger partial charge in [0.2, 0.25) is 0 Å². The summed E-state index contributed by atoms with van der Waals surface area (Å²) in [7, 11) is 0. The number of nitrogens with zero attached hydrogens (tertiary/aromatic N) is 1. The minimum atomic E-state index is -0.0118. The molecule has 0 aliphatic carbocycles. The van der Waals surface area contributed by atoms with Crippen molar-refractivity contribution in [3.05, 3.63) is 96.2 Å². The van der Waals surface area contributed by atoms with E-state index in [1.165, 1.54) is 0 Å². The van der Waals surface area contributed by atoms with Gasteiger partial charge in [-0.3, -0.25) is 0 Å². The summed E-state index contributed by atoms with van der Waals surface area (Å²) in [5, 5.41) is 1.13. The Kier molecular flexibility index (Phi) is 4.75. The average molecular weight is 383 g/mol. The fourth-order valence-electron chi connectivity index (χ4n) is 3.55. The van der Waals surface area contributed by atoms with Gasteiger partial charge in [-0.05, 0) is 42.5 Å². The molecule has 4 heteroatoms. The number of fused-ring (bicyclic) bond motifs is 2. The van der Waals surface area contributed by atoms with Crippen molar-refractivity contribution < 1.29 is 14.2 Å². The molecule has 0 amide bonds. The number of aromatic nitrogens is 1. The zero-order valence-electron chi connectivity index (χ0n) is 16.0. The molecule has 1 aromatic heterocycles. The topological polar surface area (TPSA) is 40.6 Å². The van der Waals surface area contributed by atoms with Gasteiger partial charge in [0.15, 0.2) is 0 Å². The van der Waals surface area contributed by atoms with Gasteiger partial charge in [0.25, 0.3) is 0 Å². The second kappa shape index (κ2) is 7.84. The van der Waals surface area contributed by atoms with Crippen LogP contribution < -0.4 is 14.2 Å². The summed E-state index contributed by atoms with van der Waals surface area (Å²) in [4.78, 5) is 4.67. The molecule has 29 heavy (non-hydrogen) atoms. The highest BCUT2D eigenvalue weighted by Gasteiger charge is 2.22. The van der Waals surface area contributed by atoms with Gasteiger partial charge in [0, 0.05) is 17.4 Å². The molecule has 0 fully saturated rings. The quantitative estimate of drug-likeness (QED) is 0.475. The molecule has 0 saturated heterocycles. The van der Waals surface area contributed by atoms with Crippen LogP contribution in [0.5, 0.6) is 17.2 Å². The van der Waals surface area contributed by atoms with Crippen molar-refractivity contribution in [2.75, 3.05) is 6.61 Å². The zero-order chi connectivity index (χ0) is 19.5. The Labute approximate surface area is 169 Å². The van der Waals surface area contributed by atoms with Crippen molar-refractivity contribution in [3.8, 4) is 17.2 Å². The number of hydrogen-bond acceptors (Lipinski definition) is 4. The van der Waals surface area contributed by atoms with E-state index >= 15 is 0 Å². The molecule has 0 saturated carbocycles. The standard InChI is InChI=1S/C25H21NO3/c1-2-7-21(8-3-1)29-23-15-19-14-22(12-13-25(19)28-17-23)27-16-20-11-10-18-6-4-5-9-24(18)26-20/h1-14,23H,15-17H2/t23-/m1/s1. The maximum absolute atomic E-state index is 6.05. The summed E-state index contributed by atoms with van der Waals surface area (Å²) in [5.41, 5.74) is 2.98. The summed E-state index contributed by atoms with van der Waals surface area (Å²) in [6.07, 6.45) is 0.776. The van der Waals surface area contributed by atoms with Crippen LogP contribution in [0.4, 0.5) is 0 Å². The van der Waals surface area contributed by atoms with Crippen LogP contribution in [0.3, 0.4) is 0 Å². The van der Waals surface area contributed by atoms with E-state index in [0.29, 0.717) is 13.2 Å². The van der Waals surface area contributed by atoms with Gasteiger partial charge >= 0.3 is 0 Å². The summed E-state index contributed by atoms with van der Waals surface area (Å²) >= 11 is 0. The fraction of sp³-hybridized carbons (Fsp3) is 0.160. The fourth-order valence-corrected chi connectivity index (χ4v) is 3.55. The van der Waals surface area contributed by atoms with E-state index in [4.69, 9.17) is 14.2 Å². The monoisotopic (exact) mass is 383 g/mol. The van der Waals surface area contributed by atoms with Crippen molar-refractivity contribution in [2.24, 2.45) is 0 Å². The van der Waals surface area contributed by atoms with Crippen molar-refractivity contribution in [2.45, 2.75) is 19.1 Å². The van der Waals surface area contributed by atoms with E-state index in [2.05, 4.69) is 17.1 Å². The van der Waals surface area contributed by atoms with Gasteiger partial charge in [-0.1, -0.05) is 42.5 Å². The Morgan fingerprint density at radius 3 is 2.66 bits per heavy atom. The van der Waals surface area contributed by atoms with Crippen LogP contribution in [0, 0.1) is 0 Å². The number of ether oxygens (including phenoxy) is 3. The van der Waals surface area contributed by atoms with Crippen LogP contribution in [0.25, 0.3) is 10.9 Å². The Morgan fingerprint density at radius 2 is 1.72 bits per heavy atom. The molecule has 1 aliphatic rings. The lowest BCUT2D eigenvalue weighted by molar-refractivity contribution is 0.112. The van der Waals surface area contributed by atoms with Crippen molar-refractivity contribution >= 4 is 10.9 Å². The number of para-hydroxylation sites is 2. The first-order valence-electron chi connectivity index (χ1n) is 9.78. The maximum atomic E-state index is 6.05. The predicted molar refractivity (Wildman–Crippen MR) is 113 cm³/mol. The normalized spacial score (nSPS) is 15.4. The maximum Gasteiger partial charge on any atom is 0.137 e. The molecular weight excluding hydrogens is 362 g/mol. The third kappa shape index (κ3) is 4.02. The lowest BCUT2D eigenvalue weighted by Gasteiger charge is -2.26. The summed E-state index contributed by atoms with van der Waals surface area (Å²) in [5.74, 6) is 2.57. The largest absolute Gasteiger partial charge is 0.489 e. The minimum Gasteiger partial charge on any atom is -0.489 e. The first-order chi connectivity index (χ1) is 14.3. The molecule has 0 bridgehead atoms. The Bertz CT molecular complexity index is 1130. The van der Waals surface area contributed by atoms with Crippen molar-refractivity contribution in [3.63, 3.8) is 0 Å². The first kappa shape index (κ1) is 17.6. The van der Waals surface area contributed by atoms with Gasteiger partial charge in [0.1, 0.15) is 36.6 Å². The lowest BCUT2D eigenvalue weighted by atomic mass is 10.0. The smallest absolute Gasteiger partial charge is 0.137 e. The molecule has 0 N–H and O–H groups in total. The van der Waals surface area contributed by atoms with Crippen LogP contribution >= 0.6 is 0 Å². The van der Waals surface area contributed by atoms with E-state index < -0.39 is 0 Å². The van der Waals surface area contributed by atoms with E-state index in [9.17, 15) is 0 Å². The van der Waals surface area contributed by atoms with E-state index in [1.54, 1.807) is 0 Å². The van der Waals surface area contributed by atoms with Crippen LogP contribution in [-0.2, 0) is 13.0 Å². The average Bonchev–Trinajstić information content (AvgIpc) is 2.78. The van der Waals surface area contributed by atoms with Gasteiger partial charge in [0.05, 0.1) is 11.2 Å². The van der Waals surface area contributed by atoms with E-state index in [0.717, 1.165) is 45.8 Å². The summed E-state index contributed by atoms with van der Waals surface area (Å²) in [6, 6.07) is 28.0. The molecular formula is C25H21NO3. The van der Waals surface area contributed by atoms with Crippen LogP contribution in [0.15, 0.2) is 84.9 Å². The molecule has 1 atom stereocenters. The first-order valence-corrected chi connectivity index (χ1v) is 9.78. The molecule has 1 aliphatic heterocycles. The second-order valence-corrected chi connectivity index (χ2v) is 7.12. The summed E-state index contributed by atoms with van der Waals surface area (Å²) < 4.78 is 17.9. The molecule has 0 spiro atoms. The van der Waals surface area contributed by atoms with Gasteiger partial charge in [-0.25, -0.2) is 4.98 Å². The SMILES string of the molecule is c1ccc(O[C@H]2COc3ccc(OCc4ccc5ccccc5n4)cc3C2)cc1. The number of hydrogen-bond donors (Lipinski definition) is 0.